The van der Waals surface area contributed by atoms with E-state index in [0.717, 1.165) is 10.6 Å². The molecule has 5 aromatic rings. The van der Waals surface area contributed by atoms with Crippen molar-refractivity contribution in [3.63, 3.8) is 0 Å². The van der Waals surface area contributed by atoms with E-state index in [-0.39, 0.29) is 22.8 Å². The molecular weight excluding hydrogens is 663 g/mol. The van der Waals surface area contributed by atoms with E-state index in [1.165, 1.54) is 16.7 Å². The predicted molar refractivity (Wildman–Crippen MR) is 203 cm³/mol. The first kappa shape index (κ1) is 35.4. The van der Waals surface area contributed by atoms with Gasteiger partial charge in [0.15, 0.2) is 0 Å². The normalized spacial score (nSPS) is 16.9. The molecule has 0 spiro atoms. The second-order valence-electron chi connectivity index (χ2n) is 13.5. The van der Waals surface area contributed by atoms with Gasteiger partial charge in [-0.2, -0.15) is 0 Å². The molecule has 0 amide bonds. The first-order valence-corrected chi connectivity index (χ1v) is 18.7. The summed E-state index contributed by atoms with van der Waals surface area (Å²) in [6.45, 7) is 6.25. The molecule has 1 fully saturated rings. The summed E-state index contributed by atoms with van der Waals surface area (Å²) in [5, 5.41) is 20.2. The molecule has 0 saturated carbocycles. The number of nitrogens with one attached hydrogen (secondary N) is 2. The van der Waals surface area contributed by atoms with Crippen LogP contribution >= 0.6 is 23.1 Å². The van der Waals surface area contributed by atoms with Crippen molar-refractivity contribution in [3.8, 4) is 0 Å². The first-order chi connectivity index (χ1) is 24.1. The standard InChI is InChI=1S/C41H43N3O4S2/c1-40(2,3)48-39(47)37(44-32-21-19-28(34(25-32)38(45)46)20-22-36-42-23-24-49-36)35-26-33(27-43-35)50-41(29-13-7-4-8-14-29,30-15-9-5-10-16-30)31-17-11-6-12-18-31/h4-19,21,23-25,33,35,37,43-44H,20,22,26-27H2,1-3H3,(H,45,46). The van der Waals surface area contributed by atoms with Crippen LogP contribution in [0, 0.1) is 0 Å². The van der Waals surface area contributed by atoms with Gasteiger partial charge in [-0.05, 0) is 68.0 Å². The molecule has 3 unspecified atom stereocenters. The van der Waals surface area contributed by atoms with Crippen molar-refractivity contribution >= 4 is 40.7 Å². The Hall–Kier alpha value is -4.44. The summed E-state index contributed by atoms with van der Waals surface area (Å²) in [6.07, 6.45) is 3.66. The van der Waals surface area contributed by atoms with Gasteiger partial charge in [0.05, 0.1) is 15.3 Å². The number of carboxylic acid groups (broad SMARTS) is 1. The monoisotopic (exact) mass is 705 g/mol. The Bertz CT molecular complexity index is 1770. The van der Waals surface area contributed by atoms with Crippen molar-refractivity contribution in [2.24, 2.45) is 0 Å². The molecule has 6 rings (SSSR count). The van der Waals surface area contributed by atoms with Gasteiger partial charge in [0.2, 0.25) is 0 Å². The van der Waals surface area contributed by atoms with Gasteiger partial charge in [-0.25, -0.2) is 14.6 Å². The minimum Gasteiger partial charge on any atom is -0.478 e. The lowest BCUT2D eigenvalue weighted by Gasteiger charge is -2.37. The maximum atomic E-state index is 13.9. The highest BCUT2D eigenvalue weighted by Gasteiger charge is 2.44. The summed E-state index contributed by atoms with van der Waals surface area (Å²) in [4.78, 5) is 30.6. The molecule has 9 heteroatoms. The van der Waals surface area contributed by atoms with Gasteiger partial charge in [-0.15, -0.1) is 23.1 Å². The summed E-state index contributed by atoms with van der Waals surface area (Å²) in [5.74, 6) is -1.39. The fourth-order valence-corrected chi connectivity index (χ4v) is 9.04. The highest BCUT2D eigenvalue weighted by atomic mass is 32.2. The van der Waals surface area contributed by atoms with E-state index < -0.39 is 22.4 Å². The van der Waals surface area contributed by atoms with Crippen LogP contribution in [0.4, 0.5) is 5.69 Å². The zero-order valence-electron chi connectivity index (χ0n) is 28.5. The number of aromatic carboxylic acids is 1. The van der Waals surface area contributed by atoms with Crippen molar-refractivity contribution in [3.05, 3.63) is 154 Å². The third-order valence-corrected chi connectivity index (χ3v) is 11.4. The molecule has 1 saturated heterocycles. The van der Waals surface area contributed by atoms with Gasteiger partial charge >= 0.3 is 11.9 Å². The summed E-state index contributed by atoms with van der Waals surface area (Å²) in [6, 6.07) is 36.1. The number of benzene rings is 4. The molecule has 2 heterocycles. The third kappa shape index (κ3) is 8.29. The zero-order chi connectivity index (χ0) is 35.1. The second kappa shape index (κ2) is 15.6. The molecule has 50 heavy (non-hydrogen) atoms. The Morgan fingerprint density at radius 1 is 0.920 bits per heavy atom. The molecule has 258 valence electrons. The molecular formula is C41H43N3O4S2. The molecule has 1 aromatic heterocycles. The van der Waals surface area contributed by atoms with Crippen LogP contribution in [0.2, 0.25) is 0 Å². The maximum Gasteiger partial charge on any atom is 0.336 e. The first-order valence-electron chi connectivity index (χ1n) is 16.9. The van der Waals surface area contributed by atoms with Crippen LogP contribution in [0.3, 0.4) is 0 Å². The number of aryl methyl sites for hydroxylation is 2. The Morgan fingerprint density at radius 3 is 2.04 bits per heavy atom. The fourth-order valence-electron chi connectivity index (χ4n) is 6.62. The van der Waals surface area contributed by atoms with E-state index in [9.17, 15) is 14.7 Å². The number of esters is 1. The Labute approximate surface area is 302 Å². The molecule has 1 aliphatic rings. The molecule has 1 aliphatic heterocycles. The van der Waals surface area contributed by atoms with Crippen LogP contribution < -0.4 is 10.6 Å². The van der Waals surface area contributed by atoms with E-state index in [1.807, 2.05) is 68.2 Å². The number of rotatable bonds is 13. The quantitative estimate of drug-likeness (QED) is 0.0833. The largest absolute Gasteiger partial charge is 0.478 e. The van der Waals surface area contributed by atoms with Crippen LogP contribution in [0.15, 0.2) is 121 Å². The van der Waals surface area contributed by atoms with Gasteiger partial charge < -0.3 is 20.5 Å². The Balaban J connectivity index is 1.29. The lowest BCUT2D eigenvalue weighted by atomic mass is 9.84. The predicted octanol–water partition coefficient (Wildman–Crippen LogP) is 8.20. The number of aromatic nitrogens is 1. The second-order valence-corrected chi connectivity index (χ2v) is 16.0. The van der Waals surface area contributed by atoms with Crippen LogP contribution in [0.25, 0.3) is 0 Å². The Morgan fingerprint density at radius 2 is 1.52 bits per heavy atom. The Kier molecular flexibility index (Phi) is 11.1. The van der Waals surface area contributed by atoms with Gasteiger partial charge in [0.25, 0.3) is 0 Å². The van der Waals surface area contributed by atoms with Gasteiger partial charge in [-0.1, -0.05) is 97.1 Å². The van der Waals surface area contributed by atoms with E-state index in [4.69, 9.17) is 4.74 Å². The van der Waals surface area contributed by atoms with Crippen LogP contribution in [-0.2, 0) is 27.1 Å². The van der Waals surface area contributed by atoms with Crippen molar-refractivity contribution in [1.82, 2.24) is 10.3 Å². The number of thiazole rings is 1. The van der Waals surface area contributed by atoms with Crippen molar-refractivity contribution in [1.29, 1.82) is 0 Å². The van der Waals surface area contributed by atoms with Crippen molar-refractivity contribution in [2.45, 2.75) is 67.7 Å². The molecule has 0 aliphatic carbocycles. The lowest BCUT2D eigenvalue weighted by molar-refractivity contribution is -0.156. The highest BCUT2D eigenvalue weighted by molar-refractivity contribution is 8.01. The minimum atomic E-state index is -1.01. The highest BCUT2D eigenvalue weighted by Crippen LogP contribution is 2.51. The molecule has 3 atom stereocenters. The molecule has 3 N–H and O–H groups in total. The fraction of sp³-hybridized carbons (Fsp3) is 0.293. The zero-order valence-corrected chi connectivity index (χ0v) is 30.2. The number of carbonyl (C=O) groups is 2. The third-order valence-electron chi connectivity index (χ3n) is 8.83. The molecule has 0 radical (unpaired) electrons. The summed E-state index contributed by atoms with van der Waals surface area (Å²) in [7, 11) is 0. The summed E-state index contributed by atoms with van der Waals surface area (Å²) >= 11 is 3.46. The van der Waals surface area contributed by atoms with Crippen LogP contribution in [0.5, 0.6) is 0 Å². The number of hydrogen-bond acceptors (Lipinski definition) is 8. The molecule has 0 bridgehead atoms. The van der Waals surface area contributed by atoms with Crippen LogP contribution in [0.1, 0.15) is 64.8 Å². The minimum absolute atomic E-state index is 0.134. The number of hydrogen-bond donors (Lipinski definition) is 3. The number of thioether (sulfide) groups is 1. The van der Waals surface area contributed by atoms with Gasteiger partial charge in [-0.3, -0.25) is 0 Å². The average molecular weight is 706 g/mol. The number of carboxylic acids is 1. The lowest BCUT2D eigenvalue weighted by Crippen LogP contribution is -2.48. The summed E-state index contributed by atoms with van der Waals surface area (Å²) < 4.78 is 5.44. The van der Waals surface area contributed by atoms with Crippen molar-refractivity contribution < 1.29 is 19.4 Å². The summed E-state index contributed by atoms with van der Waals surface area (Å²) in [5.41, 5.74) is 4.35. The van der Waals surface area contributed by atoms with E-state index in [0.29, 0.717) is 31.5 Å². The van der Waals surface area contributed by atoms with Gasteiger partial charge in [0.1, 0.15) is 11.6 Å². The maximum absolute atomic E-state index is 13.9. The number of nitrogens with zero attached hydrogens (tertiary/aromatic N) is 1. The SMILES string of the molecule is CC(C)(C)OC(=O)C(Nc1ccc(CCc2nccs2)c(C(=O)O)c1)C1CC(SC(c2ccccc2)(c2ccccc2)c2ccccc2)CN1. The smallest absolute Gasteiger partial charge is 0.336 e. The van der Waals surface area contributed by atoms with E-state index in [2.05, 4.69) is 88.4 Å². The van der Waals surface area contributed by atoms with Gasteiger partial charge in [0, 0.05) is 41.5 Å². The molecule has 7 nitrogen and oxygen atoms in total. The average Bonchev–Trinajstić information content (AvgIpc) is 3.82. The number of ether oxygens (including phenoxy) is 1. The van der Waals surface area contributed by atoms with Crippen LogP contribution in [-0.4, -0.2) is 51.5 Å². The number of anilines is 1. The number of carbonyl (C=O) groups excluding carboxylic acids is 1. The van der Waals surface area contributed by atoms with E-state index in [1.54, 1.807) is 23.6 Å². The van der Waals surface area contributed by atoms with Crippen molar-refractivity contribution in [2.75, 3.05) is 11.9 Å². The molecule has 4 aromatic carbocycles. The van der Waals surface area contributed by atoms with E-state index >= 15 is 0 Å². The topological polar surface area (TPSA) is 101 Å².